The third kappa shape index (κ3) is 2.85. The highest BCUT2D eigenvalue weighted by atomic mass is 15.2. The minimum atomic E-state index is 0.768. The standard InChI is InChI=1S/C13H23N3/c1-10(2)12-6-13(7-12)14-5-4-11-8-15-16(3)9-11/h8-10,12-14H,4-7H2,1-3H3. The van der Waals surface area contributed by atoms with Crippen LogP contribution >= 0.6 is 0 Å². The van der Waals surface area contributed by atoms with Gasteiger partial charge in [0.25, 0.3) is 0 Å². The van der Waals surface area contributed by atoms with Gasteiger partial charge in [0.2, 0.25) is 0 Å². The molecular weight excluding hydrogens is 198 g/mol. The number of nitrogens with zero attached hydrogens (tertiary/aromatic N) is 2. The normalized spacial score (nSPS) is 24.8. The van der Waals surface area contributed by atoms with E-state index in [0.29, 0.717) is 0 Å². The second kappa shape index (κ2) is 5.00. The summed E-state index contributed by atoms with van der Waals surface area (Å²) in [7, 11) is 1.97. The van der Waals surface area contributed by atoms with Gasteiger partial charge in [-0.05, 0) is 43.2 Å². The van der Waals surface area contributed by atoms with Crippen LogP contribution in [0.3, 0.4) is 0 Å². The lowest BCUT2D eigenvalue weighted by Crippen LogP contribution is -2.43. The molecule has 1 aromatic heterocycles. The van der Waals surface area contributed by atoms with E-state index in [2.05, 4.69) is 30.5 Å². The number of aryl methyl sites for hydroxylation is 1. The maximum absolute atomic E-state index is 4.17. The lowest BCUT2D eigenvalue weighted by molar-refractivity contribution is 0.169. The number of aromatic nitrogens is 2. The molecule has 2 rings (SSSR count). The van der Waals surface area contributed by atoms with Gasteiger partial charge in [0.15, 0.2) is 0 Å². The second-order valence-electron chi connectivity index (χ2n) is 5.40. The molecule has 0 aromatic carbocycles. The molecule has 0 amide bonds. The van der Waals surface area contributed by atoms with Gasteiger partial charge in [-0.2, -0.15) is 5.10 Å². The Kier molecular flexibility index (Phi) is 3.64. The van der Waals surface area contributed by atoms with Crippen LogP contribution in [0.15, 0.2) is 12.4 Å². The van der Waals surface area contributed by atoms with Crippen LogP contribution in [0.2, 0.25) is 0 Å². The maximum Gasteiger partial charge on any atom is 0.0522 e. The largest absolute Gasteiger partial charge is 0.314 e. The molecular formula is C13H23N3. The van der Waals surface area contributed by atoms with Crippen LogP contribution < -0.4 is 5.32 Å². The van der Waals surface area contributed by atoms with Gasteiger partial charge in [0.1, 0.15) is 0 Å². The Bertz CT molecular complexity index is 324. The molecule has 1 saturated carbocycles. The van der Waals surface area contributed by atoms with E-state index in [1.165, 1.54) is 18.4 Å². The summed E-state index contributed by atoms with van der Waals surface area (Å²) in [6.07, 6.45) is 7.88. The molecule has 1 aliphatic rings. The molecule has 1 N–H and O–H groups in total. The first-order chi connectivity index (χ1) is 7.65. The summed E-state index contributed by atoms with van der Waals surface area (Å²) in [5.74, 6) is 1.81. The number of hydrogen-bond donors (Lipinski definition) is 1. The van der Waals surface area contributed by atoms with Gasteiger partial charge in [-0.3, -0.25) is 4.68 Å². The van der Waals surface area contributed by atoms with Crippen LogP contribution in [0.4, 0.5) is 0 Å². The molecule has 0 aliphatic heterocycles. The van der Waals surface area contributed by atoms with Crippen molar-refractivity contribution >= 4 is 0 Å². The zero-order chi connectivity index (χ0) is 11.5. The fourth-order valence-electron chi connectivity index (χ4n) is 2.39. The van der Waals surface area contributed by atoms with E-state index >= 15 is 0 Å². The minimum Gasteiger partial charge on any atom is -0.314 e. The highest BCUT2D eigenvalue weighted by molar-refractivity contribution is 5.04. The Balaban J connectivity index is 1.60. The summed E-state index contributed by atoms with van der Waals surface area (Å²) in [6, 6.07) is 0.768. The lowest BCUT2D eigenvalue weighted by Gasteiger charge is -2.38. The Hall–Kier alpha value is -0.830. The van der Waals surface area contributed by atoms with Crippen molar-refractivity contribution in [2.45, 2.75) is 39.2 Å². The van der Waals surface area contributed by atoms with Crippen molar-refractivity contribution in [2.24, 2.45) is 18.9 Å². The van der Waals surface area contributed by atoms with Gasteiger partial charge in [-0.25, -0.2) is 0 Å². The van der Waals surface area contributed by atoms with E-state index in [9.17, 15) is 0 Å². The third-order valence-electron chi connectivity index (χ3n) is 3.72. The van der Waals surface area contributed by atoms with Crippen molar-refractivity contribution in [3.05, 3.63) is 18.0 Å². The molecule has 1 fully saturated rings. The average molecular weight is 221 g/mol. The topological polar surface area (TPSA) is 29.9 Å². The van der Waals surface area contributed by atoms with E-state index in [4.69, 9.17) is 0 Å². The monoisotopic (exact) mass is 221 g/mol. The van der Waals surface area contributed by atoms with Crippen molar-refractivity contribution in [3.63, 3.8) is 0 Å². The Labute approximate surface area is 98.2 Å². The summed E-state index contributed by atoms with van der Waals surface area (Å²) >= 11 is 0. The predicted octanol–water partition coefficient (Wildman–Crippen LogP) is 1.99. The molecule has 1 heterocycles. The first-order valence-corrected chi connectivity index (χ1v) is 6.36. The van der Waals surface area contributed by atoms with Crippen LogP contribution in [-0.4, -0.2) is 22.4 Å². The fraction of sp³-hybridized carbons (Fsp3) is 0.769. The van der Waals surface area contributed by atoms with Crippen molar-refractivity contribution in [2.75, 3.05) is 6.54 Å². The van der Waals surface area contributed by atoms with E-state index in [1.807, 2.05) is 17.9 Å². The lowest BCUT2D eigenvalue weighted by atomic mass is 9.74. The number of hydrogen-bond acceptors (Lipinski definition) is 2. The SMILES string of the molecule is CC(C)C1CC(NCCc2cnn(C)c2)C1. The van der Waals surface area contributed by atoms with Crippen LogP contribution in [0.1, 0.15) is 32.3 Å². The fourth-order valence-corrected chi connectivity index (χ4v) is 2.39. The Morgan fingerprint density at radius 1 is 1.50 bits per heavy atom. The second-order valence-corrected chi connectivity index (χ2v) is 5.40. The van der Waals surface area contributed by atoms with E-state index in [1.54, 1.807) is 0 Å². The van der Waals surface area contributed by atoms with E-state index in [0.717, 1.165) is 30.8 Å². The molecule has 0 saturated heterocycles. The molecule has 1 aromatic rings. The molecule has 0 atom stereocenters. The number of rotatable bonds is 5. The highest BCUT2D eigenvalue weighted by Gasteiger charge is 2.30. The highest BCUT2D eigenvalue weighted by Crippen LogP contribution is 2.33. The van der Waals surface area contributed by atoms with Gasteiger partial charge >= 0.3 is 0 Å². The first kappa shape index (κ1) is 11.6. The molecule has 1 aliphatic carbocycles. The molecule has 3 heteroatoms. The number of nitrogens with one attached hydrogen (secondary N) is 1. The smallest absolute Gasteiger partial charge is 0.0522 e. The summed E-state index contributed by atoms with van der Waals surface area (Å²) < 4.78 is 1.87. The van der Waals surface area contributed by atoms with Crippen molar-refractivity contribution in [3.8, 4) is 0 Å². The molecule has 90 valence electrons. The first-order valence-electron chi connectivity index (χ1n) is 6.36. The summed E-state index contributed by atoms with van der Waals surface area (Å²) in [6.45, 7) is 5.74. The quantitative estimate of drug-likeness (QED) is 0.824. The molecule has 16 heavy (non-hydrogen) atoms. The zero-order valence-electron chi connectivity index (χ0n) is 10.6. The summed E-state index contributed by atoms with van der Waals surface area (Å²) in [5.41, 5.74) is 1.33. The Morgan fingerprint density at radius 3 is 2.81 bits per heavy atom. The molecule has 0 radical (unpaired) electrons. The van der Waals surface area contributed by atoms with Gasteiger partial charge in [0.05, 0.1) is 6.20 Å². The van der Waals surface area contributed by atoms with Crippen LogP contribution in [-0.2, 0) is 13.5 Å². The zero-order valence-corrected chi connectivity index (χ0v) is 10.6. The van der Waals surface area contributed by atoms with E-state index < -0.39 is 0 Å². The predicted molar refractivity (Wildman–Crippen MR) is 66.3 cm³/mol. The third-order valence-corrected chi connectivity index (χ3v) is 3.72. The average Bonchev–Trinajstić information content (AvgIpc) is 2.54. The summed E-state index contributed by atoms with van der Waals surface area (Å²) in [4.78, 5) is 0. The van der Waals surface area contributed by atoms with E-state index in [-0.39, 0.29) is 0 Å². The van der Waals surface area contributed by atoms with Crippen LogP contribution in [0.25, 0.3) is 0 Å². The van der Waals surface area contributed by atoms with Gasteiger partial charge < -0.3 is 5.32 Å². The molecule has 0 spiro atoms. The van der Waals surface area contributed by atoms with Crippen molar-refractivity contribution in [1.82, 2.24) is 15.1 Å². The minimum absolute atomic E-state index is 0.768. The van der Waals surface area contributed by atoms with Crippen molar-refractivity contribution in [1.29, 1.82) is 0 Å². The van der Waals surface area contributed by atoms with Gasteiger partial charge in [0, 0.05) is 19.3 Å². The molecule has 0 bridgehead atoms. The van der Waals surface area contributed by atoms with Gasteiger partial charge in [-0.15, -0.1) is 0 Å². The molecule has 0 unspecified atom stereocenters. The van der Waals surface area contributed by atoms with Crippen LogP contribution in [0.5, 0.6) is 0 Å². The summed E-state index contributed by atoms with van der Waals surface area (Å²) in [5, 5.41) is 7.80. The van der Waals surface area contributed by atoms with Crippen molar-refractivity contribution < 1.29 is 0 Å². The Morgan fingerprint density at radius 2 is 2.25 bits per heavy atom. The molecule has 3 nitrogen and oxygen atoms in total. The van der Waals surface area contributed by atoms with Gasteiger partial charge in [-0.1, -0.05) is 13.8 Å². The van der Waals surface area contributed by atoms with Crippen LogP contribution in [0, 0.1) is 11.8 Å². The maximum atomic E-state index is 4.17.